The minimum atomic E-state index is 0.0705. The van der Waals surface area contributed by atoms with Gasteiger partial charge in [-0.2, -0.15) is 0 Å². The van der Waals surface area contributed by atoms with Crippen LogP contribution in [0.2, 0.25) is 0 Å². The maximum absolute atomic E-state index is 6.71. The maximum Gasteiger partial charge on any atom is 0.127 e. The van der Waals surface area contributed by atoms with E-state index in [1.54, 1.807) is 22.4 Å². The summed E-state index contributed by atoms with van der Waals surface area (Å²) in [5.74, 6) is 4.61. The molecule has 1 saturated carbocycles. The van der Waals surface area contributed by atoms with Crippen molar-refractivity contribution < 1.29 is 4.74 Å². The summed E-state index contributed by atoms with van der Waals surface area (Å²) in [6.45, 7) is 4.97. The molecule has 10 rings (SSSR count). The number of ether oxygens (including phenoxy) is 1. The summed E-state index contributed by atoms with van der Waals surface area (Å²) in [5, 5.41) is 0. The molecular weight excluding hydrogens is 619 g/mol. The molecule has 51 heavy (non-hydrogen) atoms. The van der Waals surface area contributed by atoms with Crippen LogP contribution in [0.1, 0.15) is 90.9 Å². The van der Waals surface area contributed by atoms with Gasteiger partial charge in [0.1, 0.15) is 11.9 Å². The van der Waals surface area contributed by atoms with Crippen LogP contribution in [0.5, 0.6) is 0 Å². The van der Waals surface area contributed by atoms with E-state index >= 15 is 0 Å². The summed E-state index contributed by atoms with van der Waals surface area (Å²) in [4.78, 5) is 2.97. The van der Waals surface area contributed by atoms with Crippen molar-refractivity contribution in [2.45, 2.75) is 109 Å². The molecule has 264 valence electrons. The highest BCUT2D eigenvalue weighted by Crippen LogP contribution is 2.67. The fraction of sp³-hybridized carbons (Fsp3) is 0.510. The van der Waals surface area contributed by atoms with Gasteiger partial charge < -0.3 is 9.64 Å². The first-order valence-electron chi connectivity index (χ1n) is 20.8. The summed E-state index contributed by atoms with van der Waals surface area (Å²) >= 11 is 0. The Morgan fingerprint density at radius 2 is 1.63 bits per heavy atom. The van der Waals surface area contributed by atoms with Crippen molar-refractivity contribution in [2.24, 2.45) is 46.3 Å². The van der Waals surface area contributed by atoms with Gasteiger partial charge >= 0.3 is 0 Å². The highest BCUT2D eigenvalue weighted by atomic mass is 16.5. The predicted molar refractivity (Wildman–Crippen MR) is 210 cm³/mol. The van der Waals surface area contributed by atoms with Crippen LogP contribution in [-0.2, 0) is 4.74 Å². The molecule has 9 aliphatic carbocycles. The molecule has 2 heteroatoms. The van der Waals surface area contributed by atoms with Gasteiger partial charge in [0.25, 0.3) is 0 Å². The van der Waals surface area contributed by atoms with Crippen LogP contribution in [0.4, 0.5) is 0 Å². The van der Waals surface area contributed by atoms with Gasteiger partial charge in [0.2, 0.25) is 0 Å². The molecule has 0 N–H and O–H groups in total. The topological polar surface area (TPSA) is 12.5 Å². The molecule has 0 amide bonds. The SMILES string of the molecule is CC1C=C(C2(C3CC=CCC3)C3=CC(N(C4=CC5(C)C=CCCC5CC4)C4CC=CC5=C4C4C=CC=CC4O5)CC=C3C3C=CCCC32)C=CC1. The van der Waals surface area contributed by atoms with Gasteiger partial charge in [-0.25, -0.2) is 0 Å². The van der Waals surface area contributed by atoms with Gasteiger partial charge in [0, 0.05) is 33.9 Å². The van der Waals surface area contributed by atoms with E-state index in [-0.39, 0.29) is 16.9 Å². The van der Waals surface area contributed by atoms with E-state index in [0.29, 0.717) is 41.7 Å². The Balaban J connectivity index is 1.15. The molecule has 1 heterocycles. The van der Waals surface area contributed by atoms with Crippen molar-refractivity contribution in [3.05, 3.63) is 143 Å². The summed E-state index contributed by atoms with van der Waals surface area (Å²) in [6, 6.07) is 0.625. The quantitative estimate of drug-likeness (QED) is 0.269. The van der Waals surface area contributed by atoms with Crippen molar-refractivity contribution in [1.29, 1.82) is 0 Å². The Kier molecular flexibility index (Phi) is 7.92. The predicted octanol–water partition coefficient (Wildman–Crippen LogP) is 11.7. The first-order chi connectivity index (χ1) is 25.0. The molecule has 0 bridgehead atoms. The van der Waals surface area contributed by atoms with E-state index in [1.165, 1.54) is 69.8 Å². The normalized spacial score (nSPS) is 42.9. The summed E-state index contributed by atoms with van der Waals surface area (Å²) in [7, 11) is 0. The lowest BCUT2D eigenvalue weighted by Crippen LogP contribution is -2.47. The summed E-state index contributed by atoms with van der Waals surface area (Å²) < 4.78 is 6.71. The average Bonchev–Trinajstić information content (AvgIpc) is 3.69. The van der Waals surface area contributed by atoms with Crippen LogP contribution in [-0.4, -0.2) is 23.1 Å². The molecule has 11 atom stereocenters. The third-order valence-corrected chi connectivity index (χ3v) is 15.0. The van der Waals surface area contributed by atoms with E-state index in [0.717, 1.165) is 24.5 Å². The number of hydrogen-bond donors (Lipinski definition) is 0. The van der Waals surface area contributed by atoms with Crippen LogP contribution in [0.3, 0.4) is 0 Å². The second-order valence-corrected chi connectivity index (χ2v) is 17.7. The maximum atomic E-state index is 6.71. The molecule has 1 aliphatic heterocycles. The van der Waals surface area contributed by atoms with Crippen LogP contribution in [0.15, 0.2) is 143 Å². The van der Waals surface area contributed by atoms with E-state index in [1.807, 2.05) is 0 Å². The molecule has 0 aromatic carbocycles. The number of hydrogen-bond acceptors (Lipinski definition) is 2. The van der Waals surface area contributed by atoms with E-state index < -0.39 is 0 Å². The van der Waals surface area contributed by atoms with Crippen molar-refractivity contribution in [3.8, 4) is 0 Å². The largest absolute Gasteiger partial charge is 0.485 e. The minimum Gasteiger partial charge on any atom is -0.485 e. The fourth-order valence-electron chi connectivity index (χ4n) is 12.8. The lowest BCUT2D eigenvalue weighted by atomic mass is 9.55. The fourth-order valence-corrected chi connectivity index (χ4v) is 12.8. The number of rotatable bonds is 5. The summed E-state index contributed by atoms with van der Waals surface area (Å²) in [6.07, 6.45) is 59.8. The number of allylic oxidation sites excluding steroid dienone is 17. The Labute approximate surface area is 307 Å². The number of nitrogens with zero attached hydrogens (tertiary/aromatic N) is 1. The zero-order chi connectivity index (χ0) is 34.2. The average molecular weight is 676 g/mol. The molecule has 0 radical (unpaired) electrons. The molecule has 0 aromatic heterocycles. The number of fused-ring (bicyclic) bond motifs is 6. The third kappa shape index (κ3) is 5.01. The Morgan fingerprint density at radius 1 is 0.765 bits per heavy atom. The molecule has 0 saturated heterocycles. The van der Waals surface area contributed by atoms with E-state index in [2.05, 4.69) is 128 Å². The molecule has 1 fully saturated rings. The van der Waals surface area contributed by atoms with Gasteiger partial charge in [-0.05, 0) is 130 Å². The molecule has 0 aromatic rings. The molecule has 2 nitrogen and oxygen atoms in total. The van der Waals surface area contributed by atoms with Crippen LogP contribution < -0.4 is 0 Å². The van der Waals surface area contributed by atoms with Crippen LogP contribution >= 0.6 is 0 Å². The standard InChI is InChI=1S/C49H57NO/c1-33-14-12-18-36(30-33)49(35-16-4-3-5-17-35)42-21-8-6-19-39(42)40-28-27-37(31-43(40)49)50(38-26-25-34-15-10-11-29-48(34,2)32-38)44-22-13-24-46-47(44)41-20-7-9-23-45(41)51-46/h3-4,6-7,9,11-13,18-20,23-24,28-35,37,39,41-42,44-45H,5,8,10,14-17,21-22,25-27H2,1-2H3. The van der Waals surface area contributed by atoms with Gasteiger partial charge in [-0.3, -0.25) is 0 Å². The Morgan fingerprint density at radius 3 is 2.53 bits per heavy atom. The smallest absolute Gasteiger partial charge is 0.127 e. The lowest BCUT2D eigenvalue weighted by molar-refractivity contribution is 0.145. The van der Waals surface area contributed by atoms with Crippen LogP contribution in [0.25, 0.3) is 0 Å². The molecular formula is C49H57NO. The van der Waals surface area contributed by atoms with Gasteiger partial charge in [-0.1, -0.05) is 111 Å². The molecule has 10 aliphatic rings. The third-order valence-electron chi connectivity index (χ3n) is 15.0. The summed E-state index contributed by atoms with van der Waals surface area (Å²) in [5.41, 5.74) is 8.32. The zero-order valence-electron chi connectivity index (χ0n) is 30.9. The molecule has 0 spiro atoms. The van der Waals surface area contributed by atoms with Crippen molar-refractivity contribution >= 4 is 0 Å². The van der Waals surface area contributed by atoms with E-state index in [9.17, 15) is 0 Å². The van der Waals surface area contributed by atoms with Crippen molar-refractivity contribution in [3.63, 3.8) is 0 Å². The van der Waals surface area contributed by atoms with Gasteiger partial charge in [0.05, 0.1) is 12.1 Å². The Hall–Kier alpha value is -3.52. The second-order valence-electron chi connectivity index (χ2n) is 17.7. The minimum absolute atomic E-state index is 0.0705. The van der Waals surface area contributed by atoms with Crippen LogP contribution in [0, 0.1) is 46.3 Å². The monoisotopic (exact) mass is 675 g/mol. The second kappa shape index (κ2) is 12.6. The van der Waals surface area contributed by atoms with E-state index in [4.69, 9.17) is 4.74 Å². The van der Waals surface area contributed by atoms with Crippen molar-refractivity contribution in [2.75, 3.05) is 0 Å². The highest BCUT2D eigenvalue weighted by molar-refractivity contribution is 5.59. The zero-order valence-corrected chi connectivity index (χ0v) is 30.9. The van der Waals surface area contributed by atoms with Gasteiger partial charge in [-0.15, -0.1) is 0 Å². The highest BCUT2D eigenvalue weighted by Gasteiger charge is 2.59. The first kappa shape index (κ1) is 32.2. The first-order valence-corrected chi connectivity index (χ1v) is 20.8. The molecule has 11 unspecified atom stereocenters. The Bertz CT molecular complexity index is 1830. The van der Waals surface area contributed by atoms with Crippen molar-refractivity contribution in [1.82, 2.24) is 4.90 Å². The van der Waals surface area contributed by atoms with Gasteiger partial charge in [0.15, 0.2) is 0 Å². The lowest BCUT2D eigenvalue weighted by Gasteiger charge is -2.50.